The van der Waals surface area contributed by atoms with E-state index in [4.69, 9.17) is 18.9 Å². The Labute approximate surface area is 234 Å². The lowest BCUT2D eigenvalue weighted by atomic mass is 9.81. The van der Waals surface area contributed by atoms with E-state index in [-0.39, 0.29) is 28.8 Å². The zero-order valence-corrected chi connectivity index (χ0v) is 25.1. The summed E-state index contributed by atoms with van der Waals surface area (Å²) in [4.78, 5) is 0. The van der Waals surface area contributed by atoms with Gasteiger partial charge in [-0.15, -0.1) is 0 Å². The predicted octanol–water partition coefficient (Wildman–Crippen LogP) is 6.61. The molecule has 0 saturated carbocycles. The van der Waals surface area contributed by atoms with Crippen LogP contribution in [0.5, 0.6) is 11.5 Å². The molecule has 2 aliphatic heterocycles. The van der Waals surface area contributed by atoms with E-state index in [1.807, 2.05) is 26.0 Å². The second-order valence-corrected chi connectivity index (χ2v) is 13.8. The van der Waals surface area contributed by atoms with Crippen LogP contribution >= 0.6 is 0 Å². The highest BCUT2D eigenvalue weighted by molar-refractivity contribution is 5.45. The fourth-order valence-corrected chi connectivity index (χ4v) is 5.63. The average Bonchev–Trinajstić information content (AvgIpc) is 2.85. The second kappa shape index (κ2) is 11.4. The Bertz CT molecular complexity index is 1050. The third-order valence-corrected chi connectivity index (χ3v) is 8.06. The van der Waals surface area contributed by atoms with Crippen molar-refractivity contribution in [1.82, 2.24) is 0 Å². The number of phenolic OH excluding ortho intramolecular Hbond substituents is 2. The Hall–Kier alpha value is -2.12. The summed E-state index contributed by atoms with van der Waals surface area (Å²) < 4.78 is 24.6. The van der Waals surface area contributed by atoms with Crippen molar-refractivity contribution in [2.75, 3.05) is 26.4 Å². The highest BCUT2D eigenvalue weighted by Crippen LogP contribution is 2.36. The molecule has 2 heterocycles. The smallest absolute Gasteiger partial charge is 0.157 e. The van der Waals surface area contributed by atoms with Crippen molar-refractivity contribution in [2.24, 2.45) is 5.41 Å². The summed E-state index contributed by atoms with van der Waals surface area (Å²) in [5, 5.41) is 20.5. The minimum atomic E-state index is -0.273. The van der Waals surface area contributed by atoms with Gasteiger partial charge in [-0.05, 0) is 83.0 Å². The van der Waals surface area contributed by atoms with Crippen LogP contribution < -0.4 is 0 Å². The lowest BCUT2D eigenvalue weighted by Gasteiger charge is -2.44. The first-order valence-corrected chi connectivity index (χ1v) is 14.3. The maximum Gasteiger partial charge on any atom is 0.157 e. The van der Waals surface area contributed by atoms with Crippen molar-refractivity contribution in [1.29, 1.82) is 0 Å². The van der Waals surface area contributed by atoms with Crippen molar-refractivity contribution in [2.45, 2.75) is 104 Å². The summed E-state index contributed by atoms with van der Waals surface area (Å²) in [6.07, 6.45) is 2.65. The predicted molar refractivity (Wildman–Crippen MR) is 154 cm³/mol. The van der Waals surface area contributed by atoms with E-state index in [0.717, 1.165) is 47.9 Å². The van der Waals surface area contributed by atoms with Gasteiger partial charge in [-0.25, -0.2) is 0 Å². The van der Waals surface area contributed by atoms with Gasteiger partial charge in [-0.2, -0.15) is 0 Å². The number of phenols is 2. The van der Waals surface area contributed by atoms with Gasteiger partial charge in [0.15, 0.2) is 12.6 Å². The first kappa shape index (κ1) is 29.9. The van der Waals surface area contributed by atoms with Crippen LogP contribution in [0, 0.1) is 19.3 Å². The van der Waals surface area contributed by atoms with Gasteiger partial charge < -0.3 is 29.2 Å². The second-order valence-electron chi connectivity index (χ2n) is 13.8. The first-order valence-electron chi connectivity index (χ1n) is 14.3. The molecule has 0 unspecified atom stereocenters. The molecule has 2 saturated heterocycles. The molecule has 0 amide bonds. The quantitative estimate of drug-likeness (QED) is 0.430. The highest BCUT2D eigenvalue weighted by atomic mass is 16.7. The van der Waals surface area contributed by atoms with Gasteiger partial charge in [-0.3, -0.25) is 0 Å². The number of ether oxygens (including phenoxy) is 4. The van der Waals surface area contributed by atoms with Gasteiger partial charge in [0.05, 0.1) is 31.8 Å². The van der Waals surface area contributed by atoms with E-state index in [0.29, 0.717) is 37.9 Å². The lowest BCUT2D eigenvalue weighted by molar-refractivity contribution is -0.303. The molecule has 4 rings (SSSR count). The standard InChI is InChI=1S/C33H48O6/c1-21-13-23(25(15-27(21)34)31(3,4)5)9-11-29-36-17-33(18-37-29)19-38-30(39-20-33)12-10-24-14-22(2)28(35)16-26(24)32(6,7)8/h13-16,29-30,34-35H,9-12,17-20H2,1-8H3. The van der Waals surface area contributed by atoms with E-state index in [9.17, 15) is 10.2 Å². The average molecular weight is 541 g/mol. The summed E-state index contributed by atoms with van der Waals surface area (Å²) in [6.45, 7) is 19.1. The van der Waals surface area contributed by atoms with E-state index in [1.165, 1.54) is 11.1 Å². The van der Waals surface area contributed by atoms with Gasteiger partial charge in [-0.1, -0.05) is 53.7 Å². The number of aryl methyl sites for hydroxylation is 4. The molecule has 1 spiro atoms. The SMILES string of the molecule is Cc1cc(CCC2OCC3(CO2)COC(CCc2cc(C)c(O)cc2C(C)(C)C)OC3)c(C(C)(C)C)cc1O. The van der Waals surface area contributed by atoms with Crippen molar-refractivity contribution in [3.63, 3.8) is 0 Å². The molecule has 2 N–H and O–H groups in total. The molecule has 2 aliphatic rings. The van der Waals surface area contributed by atoms with Gasteiger partial charge in [0.2, 0.25) is 0 Å². The van der Waals surface area contributed by atoms with Crippen LogP contribution in [-0.2, 0) is 42.6 Å². The number of hydrogen-bond acceptors (Lipinski definition) is 6. The van der Waals surface area contributed by atoms with Crippen LogP contribution in [0.15, 0.2) is 24.3 Å². The number of hydrogen-bond donors (Lipinski definition) is 2. The molecular formula is C33H48O6. The maximum absolute atomic E-state index is 10.2. The molecule has 216 valence electrons. The number of benzene rings is 2. The third-order valence-electron chi connectivity index (χ3n) is 8.06. The van der Waals surface area contributed by atoms with Crippen LogP contribution in [-0.4, -0.2) is 49.2 Å². The molecule has 0 aliphatic carbocycles. The minimum absolute atomic E-state index is 0.0540. The Morgan fingerprint density at radius 2 is 0.974 bits per heavy atom. The fourth-order valence-electron chi connectivity index (χ4n) is 5.63. The lowest BCUT2D eigenvalue weighted by Crippen LogP contribution is -2.52. The van der Waals surface area contributed by atoms with Crippen LogP contribution in [0.4, 0.5) is 0 Å². The molecule has 6 heteroatoms. The fraction of sp³-hybridized carbons (Fsp3) is 0.636. The largest absolute Gasteiger partial charge is 0.508 e. The van der Waals surface area contributed by atoms with Crippen LogP contribution in [0.25, 0.3) is 0 Å². The highest BCUT2D eigenvalue weighted by Gasteiger charge is 2.42. The monoisotopic (exact) mass is 540 g/mol. The van der Waals surface area contributed by atoms with Crippen molar-refractivity contribution in [3.8, 4) is 11.5 Å². The summed E-state index contributed by atoms with van der Waals surface area (Å²) in [7, 11) is 0. The van der Waals surface area contributed by atoms with Crippen LogP contribution in [0.3, 0.4) is 0 Å². The van der Waals surface area contributed by atoms with Crippen molar-refractivity contribution in [3.05, 3.63) is 57.6 Å². The van der Waals surface area contributed by atoms with E-state index >= 15 is 0 Å². The van der Waals surface area contributed by atoms with E-state index < -0.39 is 0 Å². The Kier molecular flexibility index (Phi) is 8.73. The zero-order valence-electron chi connectivity index (χ0n) is 25.1. The molecule has 0 bridgehead atoms. The summed E-state index contributed by atoms with van der Waals surface area (Å²) in [5.41, 5.74) is 6.19. The zero-order chi connectivity index (χ0) is 28.6. The first-order chi connectivity index (χ1) is 18.2. The number of rotatable bonds is 6. The molecule has 2 fully saturated rings. The normalized spacial score (nSPS) is 24.3. The van der Waals surface area contributed by atoms with Gasteiger partial charge >= 0.3 is 0 Å². The van der Waals surface area contributed by atoms with Crippen LogP contribution in [0.1, 0.15) is 87.8 Å². The summed E-state index contributed by atoms with van der Waals surface area (Å²) in [6, 6.07) is 7.99. The minimum Gasteiger partial charge on any atom is -0.508 e. The molecule has 39 heavy (non-hydrogen) atoms. The van der Waals surface area contributed by atoms with E-state index in [1.54, 1.807) is 0 Å². The molecule has 0 atom stereocenters. The molecule has 0 aromatic heterocycles. The molecule has 2 aromatic rings. The molecule has 0 radical (unpaired) electrons. The number of aromatic hydroxyl groups is 2. The topological polar surface area (TPSA) is 77.4 Å². The molecular weight excluding hydrogens is 492 g/mol. The Balaban J connectivity index is 1.27. The van der Waals surface area contributed by atoms with Crippen molar-refractivity contribution < 1.29 is 29.2 Å². The maximum atomic E-state index is 10.2. The summed E-state index contributed by atoms with van der Waals surface area (Å²) >= 11 is 0. The van der Waals surface area contributed by atoms with Crippen LogP contribution in [0.2, 0.25) is 0 Å². The van der Waals surface area contributed by atoms with E-state index in [2.05, 4.69) is 53.7 Å². The van der Waals surface area contributed by atoms with Gasteiger partial charge in [0.1, 0.15) is 11.5 Å². The van der Waals surface area contributed by atoms with Gasteiger partial charge in [0, 0.05) is 12.8 Å². The third kappa shape index (κ3) is 7.15. The Morgan fingerprint density at radius 1 is 0.641 bits per heavy atom. The Morgan fingerprint density at radius 3 is 1.28 bits per heavy atom. The molecule has 2 aromatic carbocycles. The van der Waals surface area contributed by atoms with Crippen molar-refractivity contribution >= 4 is 0 Å². The van der Waals surface area contributed by atoms with Gasteiger partial charge in [0.25, 0.3) is 0 Å². The summed E-state index contributed by atoms with van der Waals surface area (Å²) in [5.74, 6) is 0.693. The molecule has 6 nitrogen and oxygen atoms in total.